The second kappa shape index (κ2) is 5.04. The molecule has 5 heteroatoms. The van der Waals surface area contributed by atoms with E-state index in [1.165, 1.54) is 12.8 Å². The van der Waals surface area contributed by atoms with E-state index >= 15 is 0 Å². The number of hydrogen-bond donors (Lipinski definition) is 1. The molecular formula is C15H22N2O2S. The van der Waals surface area contributed by atoms with Crippen LogP contribution in [0.1, 0.15) is 37.7 Å². The number of benzene rings is 1. The number of rotatable bonds is 2. The summed E-state index contributed by atoms with van der Waals surface area (Å²) in [6.45, 7) is 2.46. The number of sulfonamides is 1. The fourth-order valence-corrected chi connectivity index (χ4v) is 5.86. The minimum atomic E-state index is -3.46. The van der Waals surface area contributed by atoms with Crippen molar-refractivity contribution in [2.45, 2.75) is 50.0 Å². The van der Waals surface area contributed by atoms with E-state index in [2.05, 4.69) is 0 Å². The second-order valence-electron chi connectivity index (χ2n) is 6.01. The van der Waals surface area contributed by atoms with Crippen molar-refractivity contribution >= 4 is 15.7 Å². The number of fused-ring (bicyclic) bond motifs is 1. The van der Waals surface area contributed by atoms with Gasteiger partial charge in [-0.3, -0.25) is 0 Å². The number of nitrogen functional groups attached to an aromatic ring is 1. The van der Waals surface area contributed by atoms with Crippen LogP contribution in [0.25, 0.3) is 0 Å². The van der Waals surface area contributed by atoms with Gasteiger partial charge in [0.1, 0.15) is 4.90 Å². The van der Waals surface area contributed by atoms with Crippen LogP contribution in [0.3, 0.4) is 0 Å². The first-order chi connectivity index (χ1) is 9.51. The minimum absolute atomic E-state index is 0.188. The van der Waals surface area contributed by atoms with Crippen molar-refractivity contribution in [1.82, 2.24) is 4.31 Å². The fraction of sp³-hybridized carbons (Fsp3) is 0.600. The smallest absolute Gasteiger partial charge is 0.245 e. The highest BCUT2D eigenvalue weighted by Crippen LogP contribution is 2.40. The summed E-state index contributed by atoms with van der Waals surface area (Å²) in [6.07, 6.45) is 5.53. The average molecular weight is 294 g/mol. The van der Waals surface area contributed by atoms with Crippen LogP contribution in [0.15, 0.2) is 23.1 Å². The zero-order chi connectivity index (χ0) is 14.3. The van der Waals surface area contributed by atoms with E-state index in [-0.39, 0.29) is 6.04 Å². The standard InChI is InChI=1S/C15H22N2O2S/c1-11-5-4-7-13(16)15(11)20(18,19)17-10-9-12-6-2-3-8-14(12)17/h4-5,7,12,14H,2-3,6,8-10,16H2,1H3. The van der Waals surface area contributed by atoms with Gasteiger partial charge in [0.25, 0.3) is 0 Å². The maximum absolute atomic E-state index is 13.0. The summed E-state index contributed by atoms with van der Waals surface area (Å²) in [7, 11) is -3.46. The molecule has 2 aliphatic rings. The SMILES string of the molecule is Cc1cccc(N)c1S(=O)(=O)N1CCC2CCCCC21. The van der Waals surface area contributed by atoms with Crippen LogP contribution in [0.4, 0.5) is 5.69 Å². The molecule has 0 spiro atoms. The Bertz CT molecular complexity index is 592. The Labute approximate surface area is 121 Å². The summed E-state index contributed by atoms with van der Waals surface area (Å²) in [6, 6.07) is 5.48. The molecule has 0 bridgehead atoms. The third-order valence-electron chi connectivity index (χ3n) is 4.77. The second-order valence-corrected chi connectivity index (χ2v) is 7.84. The average Bonchev–Trinajstić information content (AvgIpc) is 2.82. The largest absolute Gasteiger partial charge is 0.398 e. The molecule has 1 saturated heterocycles. The molecule has 1 aromatic carbocycles. The van der Waals surface area contributed by atoms with Crippen LogP contribution in [-0.4, -0.2) is 25.3 Å². The molecule has 2 N–H and O–H groups in total. The highest BCUT2D eigenvalue weighted by molar-refractivity contribution is 7.89. The lowest BCUT2D eigenvalue weighted by atomic mass is 9.86. The number of hydrogen-bond acceptors (Lipinski definition) is 3. The lowest BCUT2D eigenvalue weighted by molar-refractivity contribution is 0.260. The maximum atomic E-state index is 13.0. The van der Waals surface area contributed by atoms with E-state index in [9.17, 15) is 8.42 Å². The predicted molar refractivity (Wildman–Crippen MR) is 79.8 cm³/mol. The van der Waals surface area contributed by atoms with Gasteiger partial charge in [-0.15, -0.1) is 0 Å². The van der Waals surface area contributed by atoms with Gasteiger partial charge < -0.3 is 5.73 Å². The third kappa shape index (κ3) is 2.13. The molecule has 0 aromatic heterocycles. The lowest BCUT2D eigenvalue weighted by Gasteiger charge is -2.31. The van der Waals surface area contributed by atoms with Gasteiger partial charge in [-0.2, -0.15) is 4.31 Å². The number of anilines is 1. The van der Waals surface area contributed by atoms with Crippen molar-refractivity contribution in [1.29, 1.82) is 0 Å². The quantitative estimate of drug-likeness (QED) is 0.853. The van der Waals surface area contributed by atoms with Crippen molar-refractivity contribution in [3.63, 3.8) is 0 Å². The number of nitrogens with two attached hydrogens (primary N) is 1. The molecule has 0 radical (unpaired) electrons. The Balaban J connectivity index is 2.00. The van der Waals surface area contributed by atoms with Gasteiger partial charge in [0.2, 0.25) is 10.0 Å². The topological polar surface area (TPSA) is 63.4 Å². The van der Waals surface area contributed by atoms with Crippen molar-refractivity contribution in [3.05, 3.63) is 23.8 Å². The molecule has 0 amide bonds. The summed E-state index contributed by atoms with van der Waals surface area (Å²) in [5, 5.41) is 0. The van der Waals surface area contributed by atoms with E-state index in [1.54, 1.807) is 16.4 Å². The summed E-state index contributed by atoms with van der Waals surface area (Å²) in [5.41, 5.74) is 7.04. The molecular weight excluding hydrogens is 272 g/mol. The molecule has 2 fully saturated rings. The van der Waals surface area contributed by atoms with Gasteiger partial charge in [0, 0.05) is 12.6 Å². The molecule has 110 valence electrons. The molecule has 1 aliphatic heterocycles. The van der Waals surface area contributed by atoms with Gasteiger partial charge in [0.15, 0.2) is 0 Å². The van der Waals surface area contributed by atoms with Crippen molar-refractivity contribution in [2.75, 3.05) is 12.3 Å². The predicted octanol–water partition coefficient (Wildman–Crippen LogP) is 2.53. The summed E-state index contributed by atoms with van der Waals surface area (Å²) >= 11 is 0. The lowest BCUT2D eigenvalue weighted by Crippen LogP contribution is -2.39. The Morgan fingerprint density at radius 1 is 1.20 bits per heavy atom. The van der Waals surface area contributed by atoms with Crippen molar-refractivity contribution in [3.8, 4) is 0 Å². The molecule has 4 nitrogen and oxygen atoms in total. The van der Waals surface area contributed by atoms with E-state index in [0.717, 1.165) is 24.8 Å². The Kier molecular flexibility index (Phi) is 3.50. The highest BCUT2D eigenvalue weighted by atomic mass is 32.2. The molecule has 2 unspecified atom stereocenters. The number of aryl methyl sites for hydroxylation is 1. The van der Waals surface area contributed by atoms with Crippen LogP contribution in [0.2, 0.25) is 0 Å². The minimum Gasteiger partial charge on any atom is -0.398 e. The van der Waals surface area contributed by atoms with Gasteiger partial charge >= 0.3 is 0 Å². The molecule has 3 rings (SSSR count). The summed E-state index contributed by atoms with van der Waals surface area (Å²) in [5.74, 6) is 0.545. The van der Waals surface area contributed by atoms with Crippen molar-refractivity contribution in [2.24, 2.45) is 5.92 Å². The summed E-state index contributed by atoms with van der Waals surface area (Å²) in [4.78, 5) is 0.311. The first kappa shape index (κ1) is 13.9. The van der Waals surface area contributed by atoms with Crippen LogP contribution in [0, 0.1) is 12.8 Å². The van der Waals surface area contributed by atoms with E-state index in [4.69, 9.17) is 5.73 Å². The van der Waals surface area contributed by atoms with E-state index in [0.29, 0.717) is 23.0 Å². The first-order valence-corrected chi connectivity index (χ1v) is 8.83. The molecule has 1 heterocycles. The molecule has 1 aliphatic carbocycles. The van der Waals surface area contributed by atoms with Gasteiger partial charge in [-0.25, -0.2) is 8.42 Å². The monoisotopic (exact) mass is 294 g/mol. The third-order valence-corrected chi connectivity index (χ3v) is 6.91. The maximum Gasteiger partial charge on any atom is 0.245 e. The molecule has 20 heavy (non-hydrogen) atoms. The zero-order valence-corrected chi connectivity index (χ0v) is 12.7. The first-order valence-electron chi connectivity index (χ1n) is 7.39. The van der Waals surface area contributed by atoms with E-state index in [1.807, 2.05) is 13.0 Å². The van der Waals surface area contributed by atoms with Crippen LogP contribution < -0.4 is 5.73 Å². The number of nitrogens with zero attached hydrogens (tertiary/aromatic N) is 1. The van der Waals surface area contributed by atoms with Gasteiger partial charge in [-0.05, 0) is 43.7 Å². The zero-order valence-electron chi connectivity index (χ0n) is 11.9. The van der Waals surface area contributed by atoms with Gasteiger partial charge in [0.05, 0.1) is 5.69 Å². The Morgan fingerprint density at radius 3 is 2.70 bits per heavy atom. The molecule has 1 aromatic rings. The van der Waals surface area contributed by atoms with Crippen LogP contribution >= 0.6 is 0 Å². The molecule has 1 saturated carbocycles. The molecule has 2 atom stereocenters. The van der Waals surface area contributed by atoms with Crippen molar-refractivity contribution < 1.29 is 8.42 Å². The highest BCUT2D eigenvalue weighted by Gasteiger charge is 2.43. The van der Waals surface area contributed by atoms with Crippen LogP contribution in [0.5, 0.6) is 0 Å². The summed E-state index contributed by atoms with van der Waals surface area (Å²) < 4.78 is 27.7. The van der Waals surface area contributed by atoms with Gasteiger partial charge in [-0.1, -0.05) is 25.0 Å². The normalized spacial score (nSPS) is 27.4. The Hall–Kier alpha value is -1.07. The Morgan fingerprint density at radius 2 is 1.95 bits per heavy atom. The van der Waals surface area contributed by atoms with Crippen LogP contribution in [-0.2, 0) is 10.0 Å². The van der Waals surface area contributed by atoms with E-state index < -0.39 is 10.0 Å². The fourth-order valence-electron chi connectivity index (χ4n) is 3.81.